The van der Waals surface area contributed by atoms with E-state index in [9.17, 15) is 9.90 Å². The van der Waals surface area contributed by atoms with Gasteiger partial charge in [0.05, 0.1) is 5.60 Å². The third-order valence-corrected chi connectivity index (χ3v) is 3.95. The number of nitrogens with zero attached hydrogens (tertiary/aromatic N) is 2. The van der Waals surface area contributed by atoms with Gasteiger partial charge in [0.2, 0.25) is 0 Å². The zero-order chi connectivity index (χ0) is 15.5. The molecule has 6 heteroatoms. The van der Waals surface area contributed by atoms with Gasteiger partial charge >= 0.3 is 0 Å². The first-order valence-corrected chi connectivity index (χ1v) is 7.53. The highest BCUT2D eigenvalue weighted by Crippen LogP contribution is 2.22. The van der Waals surface area contributed by atoms with Crippen LogP contribution in [0.3, 0.4) is 0 Å². The highest BCUT2D eigenvalue weighted by atomic mass is 35.5. The Kier molecular flexibility index (Phi) is 5.19. The van der Waals surface area contributed by atoms with Crippen molar-refractivity contribution in [1.82, 2.24) is 9.88 Å². The van der Waals surface area contributed by atoms with Gasteiger partial charge in [-0.25, -0.2) is 4.98 Å². The third-order valence-electron chi connectivity index (χ3n) is 3.76. The highest BCUT2D eigenvalue weighted by molar-refractivity contribution is 6.29. The molecular weight excluding hydrogens is 292 g/mol. The van der Waals surface area contributed by atoms with E-state index in [1.54, 1.807) is 19.2 Å². The summed E-state index contributed by atoms with van der Waals surface area (Å²) >= 11 is 5.95. The fraction of sp³-hybridized carbons (Fsp3) is 0.600. The number of halogens is 1. The van der Waals surface area contributed by atoms with Gasteiger partial charge in [-0.3, -0.25) is 4.79 Å². The van der Waals surface area contributed by atoms with E-state index in [-0.39, 0.29) is 12.5 Å². The highest BCUT2D eigenvalue weighted by Gasteiger charge is 2.32. The van der Waals surface area contributed by atoms with Crippen LogP contribution in [-0.2, 0) is 11.2 Å². The van der Waals surface area contributed by atoms with Gasteiger partial charge in [-0.1, -0.05) is 18.5 Å². The Morgan fingerprint density at radius 2 is 2.14 bits per heavy atom. The van der Waals surface area contributed by atoms with Crippen molar-refractivity contribution in [3.05, 3.63) is 28.5 Å². The molecular formula is C15H21ClN2O3. The van der Waals surface area contributed by atoms with E-state index in [1.165, 1.54) is 4.90 Å². The third kappa shape index (κ3) is 4.15. The molecule has 2 rings (SSSR count). The number of hydrogen-bond donors (Lipinski definition) is 1. The van der Waals surface area contributed by atoms with Gasteiger partial charge in [-0.05, 0) is 18.6 Å². The van der Waals surface area contributed by atoms with Crippen LogP contribution in [0.15, 0.2) is 12.1 Å². The van der Waals surface area contributed by atoms with E-state index in [0.717, 1.165) is 5.69 Å². The van der Waals surface area contributed by atoms with Crippen LogP contribution in [-0.4, -0.2) is 53.3 Å². The molecule has 0 unspecified atom stereocenters. The summed E-state index contributed by atoms with van der Waals surface area (Å²) in [7, 11) is 1.69. The van der Waals surface area contributed by atoms with Crippen LogP contribution >= 0.6 is 11.6 Å². The molecule has 0 aromatic carbocycles. The van der Waals surface area contributed by atoms with Gasteiger partial charge in [-0.15, -0.1) is 0 Å². The van der Waals surface area contributed by atoms with Gasteiger partial charge in [-0.2, -0.15) is 0 Å². The predicted molar refractivity (Wildman–Crippen MR) is 80.6 cm³/mol. The number of aryl methyl sites for hydroxylation is 1. The Bertz CT molecular complexity index is 516. The van der Waals surface area contributed by atoms with Crippen LogP contribution in [0.1, 0.15) is 35.8 Å². The lowest BCUT2D eigenvalue weighted by Crippen LogP contribution is -2.47. The van der Waals surface area contributed by atoms with Gasteiger partial charge in [0, 0.05) is 50.9 Å². The minimum Gasteiger partial charge on any atom is -0.388 e. The summed E-state index contributed by atoms with van der Waals surface area (Å²) in [5, 5.41) is 10.8. The Hall–Kier alpha value is -1.17. The van der Waals surface area contributed by atoms with Crippen molar-refractivity contribution in [2.75, 3.05) is 26.8 Å². The smallest absolute Gasteiger partial charge is 0.253 e. The molecule has 116 valence electrons. The number of pyridine rings is 1. The summed E-state index contributed by atoms with van der Waals surface area (Å²) in [5.74, 6) is -0.158. The van der Waals surface area contributed by atoms with E-state index in [2.05, 4.69) is 4.98 Å². The molecule has 0 atom stereocenters. The molecule has 1 aromatic heterocycles. The Morgan fingerprint density at radius 3 is 2.76 bits per heavy atom. The van der Waals surface area contributed by atoms with Crippen LogP contribution in [0, 0.1) is 0 Å². The lowest BCUT2D eigenvalue weighted by Gasteiger charge is -2.35. The summed E-state index contributed by atoms with van der Waals surface area (Å²) in [4.78, 5) is 18.2. The molecule has 1 saturated heterocycles. The van der Waals surface area contributed by atoms with Crippen LogP contribution in [0.4, 0.5) is 0 Å². The Balaban J connectivity index is 2.10. The molecule has 0 spiro atoms. The SMILES string of the molecule is CCc1cc(C(=O)N(C)CC2(O)CCOCC2)cc(Cl)n1. The maximum Gasteiger partial charge on any atom is 0.253 e. The number of ether oxygens (including phenoxy) is 1. The minimum atomic E-state index is -0.868. The summed E-state index contributed by atoms with van der Waals surface area (Å²) < 4.78 is 5.25. The summed E-state index contributed by atoms with van der Waals surface area (Å²) in [5.41, 5.74) is 0.418. The molecule has 0 aliphatic carbocycles. The minimum absolute atomic E-state index is 0.158. The molecule has 1 aliphatic heterocycles. The van der Waals surface area contributed by atoms with E-state index in [4.69, 9.17) is 16.3 Å². The summed E-state index contributed by atoms with van der Waals surface area (Å²) in [6.07, 6.45) is 1.80. The van der Waals surface area contributed by atoms with E-state index < -0.39 is 5.60 Å². The first-order chi connectivity index (χ1) is 9.93. The average molecular weight is 313 g/mol. The van der Waals surface area contributed by atoms with Gasteiger partial charge in [0.25, 0.3) is 5.91 Å². The second kappa shape index (κ2) is 6.73. The molecule has 2 heterocycles. The first kappa shape index (κ1) is 16.2. The molecule has 0 radical (unpaired) electrons. The van der Waals surface area contributed by atoms with Crippen LogP contribution in [0.5, 0.6) is 0 Å². The van der Waals surface area contributed by atoms with Crippen molar-refractivity contribution >= 4 is 17.5 Å². The molecule has 1 aromatic rings. The maximum atomic E-state index is 12.5. The first-order valence-electron chi connectivity index (χ1n) is 7.15. The number of amides is 1. The monoisotopic (exact) mass is 312 g/mol. The van der Waals surface area contributed by atoms with Gasteiger partial charge in [0.1, 0.15) is 5.15 Å². The molecule has 1 aliphatic rings. The molecule has 5 nitrogen and oxygen atoms in total. The normalized spacial score (nSPS) is 17.5. The average Bonchev–Trinajstić information content (AvgIpc) is 2.46. The van der Waals surface area contributed by atoms with Crippen molar-refractivity contribution in [3.8, 4) is 0 Å². The number of aromatic nitrogens is 1. The lowest BCUT2D eigenvalue weighted by atomic mass is 9.93. The number of hydrogen-bond acceptors (Lipinski definition) is 4. The molecule has 1 amide bonds. The van der Waals surface area contributed by atoms with Crippen molar-refractivity contribution in [2.45, 2.75) is 31.8 Å². The van der Waals surface area contributed by atoms with Gasteiger partial charge in [0.15, 0.2) is 0 Å². The Morgan fingerprint density at radius 1 is 1.48 bits per heavy atom. The lowest BCUT2D eigenvalue weighted by molar-refractivity contribution is -0.0734. The van der Waals surface area contributed by atoms with Crippen molar-refractivity contribution < 1.29 is 14.6 Å². The van der Waals surface area contributed by atoms with Gasteiger partial charge < -0.3 is 14.7 Å². The van der Waals surface area contributed by atoms with Crippen LogP contribution < -0.4 is 0 Å². The van der Waals surface area contributed by atoms with Crippen molar-refractivity contribution in [3.63, 3.8) is 0 Å². The van der Waals surface area contributed by atoms with E-state index in [1.807, 2.05) is 6.92 Å². The zero-order valence-electron chi connectivity index (χ0n) is 12.4. The number of likely N-dealkylation sites (N-methyl/N-ethyl adjacent to an activating group) is 1. The zero-order valence-corrected chi connectivity index (χ0v) is 13.2. The summed E-state index contributed by atoms with van der Waals surface area (Å²) in [6, 6.07) is 3.31. The predicted octanol–water partition coefficient (Wildman–Crippen LogP) is 1.91. The fourth-order valence-electron chi connectivity index (χ4n) is 2.50. The van der Waals surface area contributed by atoms with Crippen molar-refractivity contribution in [1.29, 1.82) is 0 Å². The quantitative estimate of drug-likeness (QED) is 0.863. The maximum absolute atomic E-state index is 12.5. The van der Waals surface area contributed by atoms with Crippen LogP contribution in [0.25, 0.3) is 0 Å². The second-order valence-corrected chi connectivity index (χ2v) is 5.91. The van der Waals surface area contributed by atoms with Crippen LogP contribution in [0.2, 0.25) is 5.15 Å². The Labute approximate surface area is 129 Å². The number of aliphatic hydroxyl groups is 1. The number of rotatable bonds is 4. The molecule has 21 heavy (non-hydrogen) atoms. The van der Waals surface area contributed by atoms with Crippen molar-refractivity contribution in [2.24, 2.45) is 0 Å². The van der Waals surface area contributed by atoms with E-state index >= 15 is 0 Å². The fourth-order valence-corrected chi connectivity index (χ4v) is 2.73. The molecule has 0 bridgehead atoms. The second-order valence-electron chi connectivity index (χ2n) is 5.52. The summed E-state index contributed by atoms with van der Waals surface area (Å²) in [6.45, 7) is 3.30. The van der Waals surface area contributed by atoms with E-state index in [0.29, 0.717) is 43.2 Å². The number of carbonyl (C=O) groups excluding carboxylic acids is 1. The standard InChI is InChI=1S/C15H21ClN2O3/c1-3-12-8-11(9-13(16)17-12)14(19)18(2)10-15(20)4-6-21-7-5-15/h8-9,20H,3-7,10H2,1-2H3. The number of carbonyl (C=O) groups is 1. The topological polar surface area (TPSA) is 62.7 Å². The molecule has 0 saturated carbocycles. The molecule has 1 fully saturated rings. The molecule has 1 N–H and O–H groups in total. The largest absolute Gasteiger partial charge is 0.388 e.